The van der Waals surface area contributed by atoms with Crippen molar-refractivity contribution >= 4 is 27.3 Å². The molecule has 3 heteroatoms. The van der Waals surface area contributed by atoms with Crippen LogP contribution in [0, 0.1) is 6.92 Å². The number of aryl methyl sites for hydroxylation is 1. The second-order valence-electron chi connectivity index (χ2n) is 4.87. The van der Waals surface area contributed by atoms with E-state index in [4.69, 9.17) is 5.73 Å². The molecule has 0 aliphatic carbocycles. The molecular formula is C18H25BrN2. The number of halogens is 1. The lowest BCUT2D eigenvalue weighted by Crippen LogP contribution is -2.17. The molecule has 0 radical (unpaired) electrons. The maximum Gasteiger partial charge on any atom is 0.0600 e. The molecule has 0 aliphatic rings. The number of benzene rings is 2. The van der Waals surface area contributed by atoms with Crippen molar-refractivity contribution in [3.05, 3.63) is 59.2 Å². The summed E-state index contributed by atoms with van der Waals surface area (Å²) in [5, 5.41) is 0.832. The monoisotopic (exact) mass is 348 g/mol. The van der Waals surface area contributed by atoms with Crippen LogP contribution in [-0.2, 0) is 11.9 Å². The number of nitrogen functional groups attached to an aromatic ring is 1. The van der Waals surface area contributed by atoms with Crippen LogP contribution in [0.1, 0.15) is 30.5 Å². The van der Waals surface area contributed by atoms with Crippen molar-refractivity contribution in [1.29, 1.82) is 0 Å². The van der Waals surface area contributed by atoms with Gasteiger partial charge >= 0.3 is 0 Å². The molecule has 2 aromatic carbocycles. The SMILES string of the molecule is CC.Cc1ccc(CN(C)c2ccc(CBr)cc2N)cc1. The summed E-state index contributed by atoms with van der Waals surface area (Å²) in [6, 6.07) is 14.8. The molecule has 0 amide bonds. The summed E-state index contributed by atoms with van der Waals surface area (Å²) in [5.41, 5.74) is 11.8. The van der Waals surface area contributed by atoms with E-state index in [1.165, 1.54) is 16.7 Å². The molecule has 0 saturated carbocycles. The van der Waals surface area contributed by atoms with Crippen LogP contribution in [0.25, 0.3) is 0 Å². The zero-order valence-electron chi connectivity index (χ0n) is 13.4. The molecule has 21 heavy (non-hydrogen) atoms. The van der Waals surface area contributed by atoms with Crippen LogP contribution in [-0.4, -0.2) is 7.05 Å². The summed E-state index contributed by atoms with van der Waals surface area (Å²) in [6.45, 7) is 6.96. The van der Waals surface area contributed by atoms with E-state index in [0.29, 0.717) is 0 Å². The number of anilines is 2. The summed E-state index contributed by atoms with van der Waals surface area (Å²) in [7, 11) is 2.07. The fourth-order valence-electron chi connectivity index (χ4n) is 2.09. The van der Waals surface area contributed by atoms with Crippen LogP contribution in [0.3, 0.4) is 0 Å². The minimum Gasteiger partial charge on any atom is -0.397 e. The van der Waals surface area contributed by atoms with E-state index in [9.17, 15) is 0 Å². The van der Waals surface area contributed by atoms with E-state index >= 15 is 0 Å². The molecule has 0 fully saturated rings. The lowest BCUT2D eigenvalue weighted by Gasteiger charge is -2.21. The Balaban J connectivity index is 0.00000106. The summed E-state index contributed by atoms with van der Waals surface area (Å²) in [5.74, 6) is 0. The molecule has 0 saturated heterocycles. The fourth-order valence-corrected chi connectivity index (χ4v) is 2.44. The highest BCUT2D eigenvalue weighted by molar-refractivity contribution is 9.08. The zero-order chi connectivity index (χ0) is 15.8. The van der Waals surface area contributed by atoms with Gasteiger partial charge in [-0.25, -0.2) is 0 Å². The van der Waals surface area contributed by atoms with Crippen LogP contribution in [0.15, 0.2) is 42.5 Å². The maximum absolute atomic E-state index is 6.11. The molecular weight excluding hydrogens is 324 g/mol. The molecule has 2 rings (SSSR count). The standard InChI is InChI=1S/C16H19BrN2.C2H6/c1-12-3-5-13(6-4-12)11-19(2)16-8-7-14(10-17)9-15(16)18;1-2/h3-9H,10-11,18H2,1-2H3;1-2H3. The predicted octanol–water partition coefficient (Wildman–Crippen LogP) is 5.13. The van der Waals surface area contributed by atoms with Crippen molar-refractivity contribution in [2.24, 2.45) is 0 Å². The van der Waals surface area contributed by atoms with Gasteiger partial charge in [-0.3, -0.25) is 0 Å². The molecule has 2 nitrogen and oxygen atoms in total. The third-order valence-electron chi connectivity index (χ3n) is 3.20. The lowest BCUT2D eigenvalue weighted by molar-refractivity contribution is 0.923. The molecule has 0 aliphatic heterocycles. The van der Waals surface area contributed by atoms with E-state index < -0.39 is 0 Å². The average molecular weight is 349 g/mol. The number of nitrogens with zero attached hydrogens (tertiary/aromatic N) is 1. The molecule has 0 bridgehead atoms. The summed E-state index contributed by atoms with van der Waals surface area (Å²) in [4.78, 5) is 2.18. The first-order valence-corrected chi connectivity index (χ1v) is 8.43. The van der Waals surface area contributed by atoms with Crippen molar-refractivity contribution in [2.45, 2.75) is 32.6 Å². The van der Waals surface area contributed by atoms with E-state index in [1.807, 2.05) is 19.9 Å². The quantitative estimate of drug-likeness (QED) is 0.612. The Kier molecular flexibility index (Phi) is 7.30. The molecule has 0 aromatic heterocycles. The summed E-state index contributed by atoms with van der Waals surface area (Å²) >= 11 is 3.44. The molecule has 114 valence electrons. The van der Waals surface area contributed by atoms with Crippen LogP contribution < -0.4 is 10.6 Å². The summed E-state index contributed by atoms with van der Waals surface area (Å²) in [6.07, 6.45) is 0. The number of nitrogens with two attached hydrogens (primary N) is 1. The number of rotatable bonds is 4. The van der Waals surface area contributed by atoms with Gasteiger partial charge in [0.2, 0.25) is 0 Å². The minimum absolute atomic E-state index is 0.826. The molecule has 2 aromatic rings. The van der Waals surface area contributed by atoms with Gasteiger partial charge in [-0.1, -0.05) is 65.7 Å². The second kappa shape index (κ2) is 8.73. The Bertz CT molecular complexity index is 550. The molecule has 0 heterocycles. The zero-order valence-corrected chi connectivity index (χ0v) is 14.9. The first-order chi connectivity index (χ1) is 10.1. The van der Waals surface area contributed by atoms with Crippen LogP contribution in [0.5, 0.6) is 0 Å². The topological polar surface area (TPSA) is 29.3 Å². The second-order valence-corrected chi connectivity index (χ2v) is 5.43. The number of hydrogen-bond acceptors (Lipinski definition) is 2. The largest absolute Gasteiger partial charge is 0.397 e. The van der Waals surface area contributed by atoms with Crippen molar-refractivity contribution in [3.8, 4) is 0 Å². The van der Waals surface area contributed by atoms with Crippen molar-refractivity contribution < 1.29 is 0 Å². The van der Waals surface area contributed by atoms with Crippen molar-refractivity contribution in [2.75, 3.05) is 17.7 Å². The number of alkyl halides is 1. The van der Waals surface area contributed by atoms with Gasteiger partial charge in [-0.2, -0.15) is 0 Å². The minimum atomic E-state index is 0.826. The van der Waals surface area contributed by atoms with E-state index in [1.54, 1.807) is 0 Å². The van der Waals surface area contributed by atoms with Crippen LogP contribution >= 0.6 is 15.9 Å². The van der Waals surface area contributed by atoms with Gasteiger partial charge in [0, 0.05) is 18.9 Å². The Morgan fingerprint density at radius 2 is 1.57 bits per heavy atom. The third-order valence-corrected chi connectivity index (χ3v) is 3.85. The fraction of sp³-hybridized carbons (Fsp3) is 0.333. The van der Waals surface area contributed by atoms with Gasteiger partial charge in [0.15, 0.2) is 0 Å². The molecule has 0 atom stereocenters. The Morgan fingerprint density at radius 3 is 2.10 bits per heavy atom. The van der Waals surface area contributed by atoms with Crippen molar-refractivity contribution in [3.63, 3.8) is 0 Å². The van der Waals surface area contributed by atoms with Crippen LogP contribution in [0.4, 0.5) is 11.4 Å². The van der Waals surface area contributed by atoms with Gasteiger partial charge in [0.05, 0.1) is 11.4 Å². The molecule has 0 unspecified atom stereocenters. The highest BCUT2D eigenvalue weighted by Gasteiger charge is 2.06. The van der Waals surface area contributed by atoms with Crippen LogP contribution in [0.2, 0.25) is 0 Å². The van der Waals surface area contributed by atoms with Gasteiger partial charge in [-0.15, -0.1) is 0 Å². The van der Waals surface area contributed by atoms with Gasteiger partial charge in [0.1, 0.15) is 0 Å². The van der Waals surface area contributed by atoms with Crippen molar-refractivity contribution in [1.82, 2.24) is 0 Å². The third kappa shape index (κ3) is 5.09. The van der Waals surface area contributed by atoms with E-state index in [2.05, 4.69) is 71.2 Å². The normalized spacial score (nSPS) is 9.76. The lowest BCUT2D eigenvalue weighted by atomic mass is 10.1. The summed E-state index contributed by atoms with van der Waals surface area (Å²) < 4.78 is 0. The van der Waals surface area contributed by atoms with Gasteiger partial charge in [0.25, 0.3) is 0 Å². The Labute approximate surface area is 137 Å². The average Bonchev–Trinajstić information content (AvgIpc) is 2.51. The highest BCUT2D eigenvalue weighted by Crippen LogP contribution is 2.25. The maximum atomic E-state index is 6.11. The van der Waals surface area contributed by atoms with Gasteiger partial charge < -0.3 is 10.6 Å². The first-order valence-electron chi connectivity index (χ1n) is 7.31. The molecule has 0 spiro atoms. The Hall–Kier alpha value is -1.48. The van der Waals surface area contributed by atoms with E-state index in [-0.39, 0.29) is 0 Å². The predicted molar refractivity (Wildman–Crippen MR) is 98.1 cm³/mol. The first kappa shape index (κ1) is 17.6. The molecule has 2 N–H and O–H groups in total. The van der Waals surface area contributed by atoms with E-state index in [0.717, 1.165) is 23.2 Å². The smallest absolute Gasteiger partial charge is 0.0600 e. The number of hydrogen-bond donors (Lipinski definition) is 1. The highest BCUT2D eigenvalue weighted by atomic mass is 79.9. The Morgan fingerprint density at radius 1 is 1.00 bits per heavy atom. The van der Waals surface area contributed by atoms with Gasteiger partial charge in [-0.05, 0) is 30.2 Å².